The fraction of sp³-hybridized carbons (Fsp3) is 0.857. The van der Waals surface area contributed by atoms with Crippen LogP contribution in [-0.4, -0.2) is 76.7 Å². The van der Waals surface area contributed by atoms with Crippen LogP contribution in [0.4, 0.5) is 4.79 Å². The van der Waals surface area contributed by atoms with E-state index in [2.05, 4.69) is 5.32 Å². The number of thioether (sulfide) groups is 1. The van der Waals surface area contributed by atoms with Crippen molar-refractivity contribution in [2.24, 2.45) is 0 Å². The molecule has 8 heteroatoms. The van der Waals surface area contributed by atoms with E-state index in [1.807, 2.05) is 0 Å². The topological polar surface area (TPSA) is 83.1 Å². The number of carbonyl (C=O) groups excluding carboxylic acids is 2. The molecule has 0 unspecified atom stereocenters. The van der Waals surface area contributed by atoms with Crippen molar-refractivity contribution in [1.82, 2.24) is 5.32 Å². The molecule has 0 bridgehead atoms. The van der Waals surface area contributed by atoms with Gasteiger partial charge in [-0.05, 0) is 13.2 Å². The van der Waals surface area contributed by atoms with Crippen LogP contribution < -0.4 is 5.32 Å². The Hall–Kier alpha value is -0.670. The van der Waals surface area contributed by atoms with Crippen LogP contribution >= 0.6 is 11.8 Å². The van der Waals surface area contributed by atoms with Crippen LogP contribution in [0, 0.1) is 0 Å². The SMILES string of the molecule is CSC(=O)NCCOCCOCCOCCOCCC(C)=O. The average molecular weight is 337 g/mol. The monoisotopic (exact) mass is 337 g/mol. The van der Waals surface area contributed by atoms with Gasteiger partial charge in [-0.2, -0.15) is 0 Å². The molecule has 7 nitrogen and oxygen atoms in total. The van der Waals surface area contributed by atoms with Crippen LogP contribution in [0.15, 0.2) is 0 Å². The van der Waals surface area contributed by atoms with Crippen LogP contribution in [0.2, 0.25) is 0 Å². The summed E-state index contributed by atoms with van der Waals surface area (Å²) in [6, 6.07) is 0. The molecule has 0 radical (unpaired) electrons. The van der Waals surface area contributed by atoms with Crippen molar-refractivity contribution < 1.29 is 28.5 Å². The molecule has 0 saturated carbocycles. The first kappa shape index (κ1) is 21.3. The molecule has 0 aromatic carbocycles. The van der Waals surface area contributed by atoms with E-state index >= 15 is 0 Å². The standard InChI is InChI=1S/C14H27NO6S/c1-13(16)3-5-18-7-9-20-11-12-21-10-8-19-6-4-15-14(17)22-2/h3-12H2,1-2H3,(H,15,17). The van der Waals surface area contributed by atoms with Gasteiger partial charge in [-0.15, -0.1) is 0 Å². The number of rotatable bonds is 15. The zero-order chi connectivity index (χ0) is 16.5. The zero-order valence-electron chi connectivity index (χ0n) is 13.4. The highest BCUT2D eigenvalue weighted by Gasteiger charge is 1.96. The molecule has 0 aliphatic carbocycles. The summed E-state index contributed by atoms with van der Waals surface area (Å²) < 4.78 is 21.1. The molecule has 130 valence electrons. The van der Waals surface area contributed by atoms with Crippen molar-refractivity contribution in [2.75, 3.05) is 65.7 Å². The maximum Gasteiger partial charge on any atom is 0.278 e. The Morgan fingerprint density at radius 2 is 1.27 bits per heavy atom. The Morgan fingerprint density at radius 1 is 0.818 bits per heavy atom. The Balaban J connectivity index is 3.02. The Labute approximate surface area is 136 Å². The van der Waals surface area contributed by atoms with E-state index in [1.54, 1.807) is 13.2 Å². The van der Waals surface area contributed by atoms with Crippen LogP contribution in [0.3, 0.4) is 0 Å². The molecule has 0 rings (SSSR count). The van der Waals surface area contributed by atoms with Crippen LogP contribution in [0.25, 0.3) is 0 Å². The summed E-state index contributed by atoms with van der Waals surface area (Å²) in [4.78, 5) is 21.5. The lowest BCUT2D eigenvalue weighted by Gasteiger charge is -2.07. The van der Waals surface area contributed by atoms with Gasteiger partial charge in [0.05, 0.1) is 52.9 Å². The minimum Gasteiger partial charge on any atom is -0.379 e. The summed E-state index contributed by atoms with van der Waals surface area (Å²) in [5.41, 5.74) is 0. The van der Waals surface area contributed by atoms with Crippen molar-refractivity contribution in [1.29, 1.82) is 0 Å². The molecule has 0 heterocycles. The van der Waals surface area contributed by atoms with Gasteiger partial charge in [-0.25, -0.2) is 0 Å². The fourth-order valence-electron chi connectivity index (χ4n) is 1.28. The van der Waals surface area contributed by atoms with Gasteiger partial charge >= 0.3 is 0 Å². The molecule has 0 atom stereocenters. The predicted molar refractivity (Wildman–Crippen MR) is 85.5 cm³/mol. The van der Waals surface area contributed by atoms with Crippen LogP contribution in [0.1, 0.15) is 13.3 Å². The van der Waals surface area contributed by atoms with E-state index in [0.717, 1.165) is 11.8 Å². The highest BCUT2D eigenvalue weighted by atomic mass is 32.2. The maximum absolute atomic E-state index is 10.9. The van der Waals surface area contributed by atoms with Crippen molar-refractivity contribution >= 4 is 22.8 Å². The van der Waals surface area contributed by atoms with Gasteiger partial charge in [0, 0.05) is 13.0 Å². The molecule has 0 fully saturated rings. The molecule has 0 aromatic heterocycles. The third-order valence-electron chi connectivity index (χ3n) is 2.42. The minimum absolute atomic E-state index is 0.0535. The summed E-state index contributed by atoms with van der Waals surface area (Å²) in [5.74, 6) is 0.128. The fourth-order valence-corrected chi connectivity index (χ4v) is 1.52. The van der Waals surface area contributed by atoms with Gasteiger partial charge in [-0.1, -0.05) is 11.8 Å². The maximum atomic E-state index is 10.9. The second kappa shape index (κ2) is 16.7. The quantitative estimate of drug-likeness (QED) is 0.448. The van der Waals surface area contributed by atoms with Crippen LogP contribution in [-0.2, 0) is 23.7 Å². The van der Waals surface area contributed by atoms with E-state index in [-0.39, 0.29) is 11.0 Å². The average Bonchev–Trinajstić information content (AvgIpc) is 2.50. The number of nitrogens with one attached hydrogen (secondary N) is 1. The Morgan fingerprint density at radius 3 is 1.73 bits per heavy atom. The molecule has 22 heavy (non-hydrogen) atoms. The largest absolute Gasteiger partial charge is 0.379 e. The van der Waals surface area contributed by atoms with E-state index in [4.69, 9.17) is 18.9 Å². The molecule has 0 aliphatic heterocycles. The molecule has 1 amide bonds. The number of amides is 1. The highest BCUT2D eigenvalue weighted by Crippen LogP contribution is 1.91. The number of hydrogen-bond donors (Lipinski definition) is 1. The van der Waals surface area contributed by atoms with Crippen molar-refractivity contribution in [2.45, 2.75) is 13.3 Å². The van der Waals surface area contributed by atoms with Gasteiger partial charge < -0.3 is 24.3 Å². The van der Waals surface area contributed by atoms with Gasteiger partial charge in [0.25, 0.3) is 5.24 Å². The van der Waals surface area contributed by atoms with Gasteiger partial charge in [0.1, 0.15) is 5.78 Å². The third-order valence-corrected chi connectivity index (χ3v) is 2.93. The number of hydrogen-bond acceptors (Lipinski definition) is 7. The second-order valence-electron chi connectivity index (χ2n) is 4.32. The summed E-state index contributed by atoms with van der Waals surface area (Å²) in [6.07, 6.45) is 2.18. The lowest BCUT2D eigenvalue weighted by Crippen LogP contribution is -2.24. The number of ether oxygens (including phenoxy) is 4. The number of carbonyl (C=O) groups is 2. The summed E-state index contributed by atoms with van der Waals surface area (Å²) in [7, 11) is 0. The molecule has 0 aliphatic rings. The zero-order valence-corrected chi connectivity index (χ0v) is 14.2. The minimum atomic E-state index is -0.0535. The Bertz CT molecular complexity index is 291. The first-order valence-electron chi connectivity index (χ1n) is 7.29. The molecular formula is C14H27NO6S. The molecule has 0 saturated heterocycles. The highest BCUT2D eigenvalue weighted by molar-refractivity contribution is 8.12. The van der Waals surface area contributed by atoms with Crippen molar-refractivity contribution in [3.63, 3.8) is 0 Å². The van der Waals surface area contributed by atoms with Gasteiger partial charge in [0.15, 0.2) is 0 Å². The van der Waals surface area contributed by atoms with E-state index in [9.17, 15) is 9.59 Å². The van der Waals surface area contributed by atoms with Crippen molar-refractivity contribution in [3.8, 4) is 0 Å². The second-order valence-corrected chi connectivity index (χ2v) is 5.10. The first-order valence-corrected chi connectivity index (χ1v) is 8.51. The summed E-state index contributed by atoms with van der Waals surface area (Å²) >= 11 is 1.14. The van der Waals surface area contributed by atoms with E-state index < -0.39 is 0 Å². The smallest absolute Gasteiger partial charge is 0.278 e. The Kier molecular flexibility index (Phi) is 16.2. The lowest BCUT2D eigenvalue weighted by atomic mass is 10.3. The molecule has 0 aromatic rings. The number of ketones is 1. The predicted octanol–water partition coefficient (Wildman–Crippen LogP) is 1.10. The first-order chi connectivity index (χ1) is 10.7. The van der Waals surface area contributed by atoms with Gasteiger partial charge in [0.2, 0.25) is 0 Å². The van der Waals surface area contributed by atoms with E-state index in [0.29, 0.717) is 65.8 Å². The third kappa shape index (κ3) is 17.4. The summed E-state index contributed by atoms with van der Waals surface area (Å²) in [5, 5.41) is 2.63. The molecular weight excluding hydrogens is 310 g/mol. The number of Topliss-reactive ketones (excluding diaryl/α,β-unsaturated/α-hetero) is 1. The van der Waals surface area contributed by atoms with Crippen LogP contribution in [0.5, 0.6) is 0 Å². The van der Waals surface area contributed by atoms with Gasteiger partial charge in [-0.3, -0.25) is 9.59 Å². The van der Waals surface area contributed by atoms with E-state index in [1.165, 1.54) is 0 Å². The lowest BCUT2D eigenvalue weighted by molar-refractivity contribution is -0.118. The van der Waals surface area contributed by atoms with Crippen molar-refractivity contribution in [3.05, 3.63) is 0 Å². The summed E-state index contributed by atoms with van der Waals surface area (Å²) in [6.45, 7) is 5.94. The normalized spacial score (nSPS) is 10.6. The molecule has 0 spiro atoms. The molecule has 1 N–H and O–H groups in total.